The minimum Gasteiger partial charge on any atom is -0.492 e. The van der Waals surface area contributed by atoms with Crippen LogP contribution in [0.3, 0.4) is 0 Å². The summed E-state index contributed by atoms with van der Waals surface area (Å²) < 4.78 is 6.46. The monoisotopic (exact) mass is 262 g/mol. The van der Waals surface area contributed by atoms with Crippen LogP contribution in [0.1, 0.15) is 19.9 Å². The molecule has 1 unspecified atom stereocenters. The van der Waals surface area contributed by atoms with Crippen LogP contribution in [-0.2, 0) is 4.79 Å². The van der Waals surface area contributed by atoms with Gasteiger partial charge in [-0.3, -0.25) is 9.78 Å². The first kappa shape index (κ1) is 13.1. The molecule has 0 aromatic carbocycles. The summed E-state index contributed by atoms with van der Waals surface area (Å²) in [7, 11) is 0. The molecule has 2 aromatic rings. The second-order valence-corrected chi connectivity index (χ2v) is 4.08. The van der Waals surface area contributed by atoms with Gasteiger partial charge in [-0.15, -0.1) is 0 Å². The van der Waals surface area contributed by atoms with Crippen LogP contribution in [0, 0.1) is 0 Å². The Morgan fingerprint density at radius 3 is 2.95 bits per heavy atom. The third kappa shape index (κ3) is 2.42. The second kappa shape index (κ2) is 5.09. The molecule has 2 rings (SSSR count). The largest absolute Gasteiger partial charge is 0.492 e. The van der Waals surface area contributed by atoms with E-state index in [0.29, 0.717) is 23.3 Å². The molecule has 1 atom stereocenters. The molecular formula is C13H14N2O4. The Hall–Kier alpha value is -2.37. The van der Waals surface area contributed by atoms with Crippen LogP contribution in [0.4, 0.5) is 0 Å². The average molecular weight is 262 g/mol. The van der Waals surface area contributed by atoms with Crippen LogP contribution in [-0.4, -0.2) is 27.2 Å². The van der Waals surface area contributed by atoms with Gasteiger partial charge in [0.05, 0.1) is 23.7 Å². The van der Waals surface area contributed by atoms with Gasteiger partial charge in [0.2, 0.25) is 0 Å². The lowest BCUT2D eigenvalue weighted by molar-refractivity contribution is -0.140. The number of hydrogen-bond donors (Lipinski definition) is 1. The second-order valence-electron chi connectivity index (χ2n) is 4.08. The van der Waals surface area contributed by atoms with Gasteiger partial charge < -0.3 is 14.4 Å². The quantitative estimate of drug-likeness (QED) is 0.901. The third-order valence-electron chi connectivity index (χ3n) is 2.84. The molecule has 1 N–H and O–H groups in total. The predicted octanol–water partition coefficient (Wildman–Crippen LogP) is 1.44. The van der Waals surface area contributed by atoms with Gasteiger partial charge in [-0.1, -0.05) is 0 Å². The Morgan fingerprint density at radius 1 is 1.58 bits per heavy atom. The van der Waals surface area contributed by atoms with Crippen LogP contribution in [0.25, 0.3) is 10.9 Å². The molecule has 19 heavy (non-hydrogen) atoms. The van der Waals surface area contributed by atoms with Crippen molar-refractivity contribution in [3.8, 4) is 5.75 Å². The van der Waals surface area contributed by atoms with Gasteiger partial charge in [0.1, 0.15) is 11.8 Å². The van der Waals surface area contributed by atoms with Crippen molar-refractivity contribution >= 4 is 16.9 Å². The van der Waals surface area contributed by atoms with Crippen LogP contribution in [0.5, 0.6) is 5.75 Å². The normalized spacial score (nSPS) is 12.3. The number of ether oxygens (including phenoxy) is 1. The molecule has 2 aromatic heterocycles. The minimum absolute atomic E-state index is 0.349. The molecule has 0 aliphatic rings. The molecule has 0 amide bonds. The fourth-order valence-electron chi connectivity index (χ4n) is 1.79. The fourth-order valence-corrected chi connectivity index (χ4v) is 1.79. The summed E-state index contributed by atoms with van der Waals surface area (Å²) in [6.45, 7) is 3.76. The van der Waals surface area contributed by atoms with E-state index in [1.165, 1.54) is 23.9 Å². The highest BCUT2D eigenvalue weighted by Gasteiger charge is 2.16. The molecule has 0 bridgehead atoms. The number of carbonyl (C=O) groups is 1. The molecule has 0 saturated heterocycles. The lowest BCUT2D eigenvalue weighted by atomic mass is 10.2. The Balaban J connectivity index is 2.62. The molecule has 0 saturated carbocycles. The molecule has 0 spiro atoms. The highest BCUT2D eigenvalue weighted by Crippen LogP contribution is 2.16. The topological polar surface area (TPSA) is 81.4 Å². The first-order valence-corrected chi connectivity index (χ1v) is 5.91. The predicted molar refractivity (Wildman–Crippen MR) is 69.5 cm³/mol. The number of carboxylic acids is 1. The number of nitrogens with zero attached hydrogens (tertiary/aromatic N) is 2. The zero-order valence-corrected chi connectivity index (χ0v) is 10.7. The zero-order valence-electron chi connectivity index (χ0n) is 10.7. The molecule has 6 nitrogen and oxygen atoms in total. The van der Waals surface area contributed by atoms with Crippen LogP contribution < -0.4 is 10.3 Å². The lowest BCUT2D eigenvalue weighted by Crippen LogP contribution is -2.27. The van der Waals surface area contributed by atoms with E-state index in [2.05, 4.69) is 4.98 Å². The summed E-state index contributed by atoms with van der Waals surface area (Å²) >= 11 is 0. The van der Waals surface area contributed by atoms with E-state index in [0.717, 1.165) is 0 Å². The van der Waals surface area contributed by atoms with Gasteiger partial charge in [0, 0.05) is 6.20 Å². The first-order chi connectivity index (χ1) is 9.04. The molecule has 100 valence electrons. The maximum atomic E-state index is 12.2. The van der Waals surface area contributed by atoms with Gasteiger partial charge in [-0.05, 0) is 26.0 Å². The van der Waals surface area contributed by atoms with Gasteiger partial charge in [0.25, 0.3) is 5.56 Å². The van der Waals surface area contributed by atoms with Crippen molar-refractivity contribution in [3.63, 3.8) is 0 Å². The molecule has 0 aliphatic carbocycles. The van der Waals surface area contributed by atoms with Gasteiger partial charge >= 0.3 is 5.97 Å². The first-order valence-electron chi connectivity index (χ1n) is 5.91. The summed E-state index contributed by atoms with van der Waals surface area (Å²) in [4.78, 5) is 27.3. The standard InChI is InChI=1S/C13H14N2O4/c1-3-19-9-6-10-11(14-7-9)4-5-15(12(10)16)8(2)13(17)18/h4-8H,3H2,1-2H3,(H,17,18). The van der Waals surface area contributed by atoms with E-state index in [1.54, 1.807) is 12.1 Å². The summed E-state index contributed by atoms with van der Waals surface area (Å²) in [5.74, 6) is -0.566. The fraction of sp³-hybridized carbons (Fsp3) is 0.308. The SMILES string of the molecule is CCOc1cnc2ccn(C(C)C(=O)O)c(=O)c2c1. The van der Waals surface area contributed by atoms with Crippen molar-refractivity contribution in [1.29, 1.82) is 0 Å². The number of rotatable bonds is 4. The number of aliphatic carboxylic acids is 1. The van der Waals surface area contributed by atoms with E-state index in [1.807, 2.05) is 6.92 Å². The molecule has 2 heterocycles. The minimum atomic E-state index is -1.06. The molecule has 0 radical (unpaired) electrons. The van der Waals surface area contributed by atoms with Gasteiger partial charge in [-0.25, -0.2) is 4.79 Å². The van der Waals surface area contributed by atoms with Crippen LogP contribution >= 0.6 is 0 Å². The van der Waals surface area contributed by atoms with E-state index < -0.39 is 12.0 Å². The average Bonchev–Trinajstić information content (AvgIpc) is 2.39. The Bertz CT molecular complexity index is 678. The third-order valence-corrected chi connectivity index (χ3v) is 2.84. The smallest absolute Gasteiger partial charge is 0.326 e. The molecule has 0 aliphatic heterocycles. The highest BCUT2D eigenvalue weighted by atomic mass is 16.5. The number of carboxylic acid groups (broad SMARTS) is 1. The van der Waals surface area contributed by atoms with Crippen LogP contribution in [0.15, 0.2) is 29.3 Å². The summed E-state index contributed by atoms with van der Waals surface area (Å²) in [6, 6.07) is 2.28. The molecule has 0 fully saturated rings. The summed E-state index contributed by atoms with van der Waals surface area (Å²) in [5, 5.41) is 9.32. The van der Waals surface area contributed by atoms with E-state index in [4.69, 9.17) is 9.84 Å². The van der Waals surface area contributed by atoms with Crippen LogP contribution in [0.2, 0.25) is 0 Å². The zero-order chi connectivity index (χ0) is 14.0. The van der Waals surface area contributed by atoms with Crippen molar-refractivity contribution in [2.24, 2.45) is 0 Å². The van der Waals surface area contributed by atoms with Gasteiger partial charge in [0.15, 0.2) is 0 Å². The van der Waals surface area contributed by atoms with Crippen molar-refractivity contribution in [3.05, 3.63) is 34.9 Å². The number of fused-ring (bicyclic) bond motifs is 1. The Morgan fingerprint density at radius 2 is 2.32 bits per heavy atom. The van der Waals surface area contributed by atoms with Crippen molar-refractivity contribution in [2.75, 3.05) is 6.61 Å². The maximum absolute atomic E-state index is 12.2. The number of pyridine rings is 2. The summed E-state index contributed by atoms with van der Waals surface area (Å²) in [6.07, 6.45) is 2.98. The molecular weight excluding hydrogens is 248 g/mol. The number of aromatic nitrogens is 2. The maximum Gasteiger partial charge on any atom is 0.326 e. The Kier molecular flexibility index (Phi) is 3.50. The van der Waals surface area contributed by atoms with E-state index in [9.17, 15) is 9.59 Å². The Labute approximate surface area is 109 Å². The van der Waals surface area contributed by atoms with Gasteiger partial charge in [-0.2, -0.15) is 0 Å². The van der Waals surface area contributed by atoms with Crippen molar-refractivity contribution in [1.82, 2.24) is 9.55 Å². The number of hydrogen-bond acceptors (Lipinski definition) is 4. The summed E-state index contributed by atoms with van der Waals surface area (Å²) in [5.41, 5.74) is 0.128. The van der Waals surface area contributed by atoms with E-state index >= 15 is 0 Å². The highest BCUT2D eigenvalue weighted by molar-refractivity contribution is 5.79. The van der Waals surface area contributed by atoms with Crippen molar-refractivity contribution < 1.29 is 14.6 Å². The molecule has 6 heteroatoms. The van der Waals surface area contributed by atoms with E-state index in [-0.39, 0.29) is 5.56 Å². The lowest BCUT2D eigenvalue weighted by Gasteiger charge is -2.11. The van der Waals surface area contributed by atoms with Crippen molar-refractivity contribution in [2.45, 2.75) is 19.9 Å².